The topological polar surface area (TPSA) is 98.7 Å². The Morgan fingerprint density at radius 3 is 2.53 bits per heavy atom. The van der Waals surface area contributed by atoms with E-state index in [0.717, 1.165) is 49.6 Å². The summed E-state index contributed by atoms with van der Waals surface area (Å²) in [6.45, 7) is 4.98. The molecule has 0 unspecified atom stereocenters. The molecule has 4 rings (SSSR count). The summed E-state index contributed by atoms with van der Waals surface area (Å²) in [5.74, 6) is -1.62. The first-order chi connectivity index (χ1) is 15.4. The van der Waals surface area contributed by atoms with Crippen LogP contribution in [0.15, 0.2) is 42.7 Å². The monoisotopic (exact) mass is 471 g/mol. The van der Waals surface area contributed by atoms with Crippen LogP contribution < -0.4 is 5.32 Å². The molecule has 1 aromatic carbocycles. The summed E-state index contributed by atoms with van der Waals surface area (Å²) in [6.07, 6.45) is 3.01. The molecule has 2 N–H and O–H groups in total. The van der Waals surface area contributed by atoms with Gasteiger partial charge in [-0.25, -0.2) is 9.78 Å². The summed E-state index contributed by atoms with van der Waals surface area (Å²) in [4.78, 5) is 37.2. The Labute approximate surface area is 194 Å². The van der Waals surface area contributed by atoms with E-state index in [1.165, 1.54) is 6.20 Å². The quantitative estimate of drug-likeness (QED) is 0.567. The van der Waals surface area contributed by atoms with Crippen LogP contribution in [0.4, 0.5) is 5.00 Å². The predicted molar refractivity (Wildman–Crippen MR) is 124 cm³/mol. The highest BCUT2D eigenvalue weighted by atomic mass is 35.5. The van der Waals surface area contributed by atoms with Crippen molar-refractivity contribution < 1.29 is 14.7 Å². The fraction of sp³-hybridized carbons (Fsp3) is 0.273. The second-order valence-electron chi connectivity index (χ2n) is 7.59. The molecule has 1 amide bonds. The molecule has 2 aromatic heterocycles. The summed E-state index contributed by atoms with van der Waals surface area (Å²) in [6, 6.07) is 9.02. The maximum absolute atomic E-state index is 12.8. The maximum Gasteiger partial charge on any atom is 0.357 e. The van der Waals surface area contributed by atoms with E-state index in [2.05, 4.69) is 32.1 Å². The van der Waals surface area contributed by atoms with E-state index < -0.39 is 11.9 Å². The average Bonchev–Trinajstić information content (AvgIpc) is 3.20. The van der Waals surface area contributed by atoms with Gasteiger partial charge in [-0.05, 0) is 30.8 Å². The number of pyridine rings is 1. The number of piperazine rings is 1. The van der Waals surface area contributed by atoms with Crippen LogP contribution >= 0.6 is 22.9 Å². The number of hydrogen-bond acceptors (Lipinski definition) is 7. The standard InChI is InChI=1S/C22H22ClN5O3S/c1-27-8-10-28(11-9-27)13-14-2-4-15(5-3-14)19(29)26-21-18(22(30)31)25-20(32-21)16-6-7-24-12-17(16)23/h2-7,12H,8-11,13H2,1H3,(H,26,29)(H,30,31). The van der Waals surface area contributed by atoms with Gasteiger partial charge in [0.25, 0.3) is 5.91 Å². The van der Waals surface area contributed by atoms with Crippen LogP contribution in [0.5, 0.6) is 0 Å². The molecule has 166 valence electrons. The Hall–Kier alpha value is -2.85. The molecule has 1 fully saturated rings. The van der Waals surface area contributed by atoms with Crippen LogP contribution in [-0.4, -0.2) is 70.0 Å². The number of carboxylic acids is 1. The number of nitrogens with zero attached hydrogens (tertiary/aromatic N) is 4. The highest BCUT2D eigenvalue weighted by Crippen LogP contribution is 2.35. The third kappa shape index (κ3) is 5.13. The van der Waals surface area contributed by atoms with Crippen molar-refractivity contribution in [3.8, 4) is 10.6 Å². The Bertz CT molecular complexity index is 1130. The normalized spacial score (nSPS) is 14.9. The number of carboxylic acid groups (broad SMARTS) is 1. The van der Waals surface area contributed by atoms with Gasteiger partial charge in [0.1, 0.15) is 10.0 Å². The van der Waals surface area contributed by atoms with E-state index in [0.29, 0.717) is 21.2 Å². The number of aromatic nitrogens is 2. The van der Waals surface area contributed by atoms with E-state index >= 15 is 0 Å². The molecule has 0 atom stereocenters. The second-order valence-corrected chi connectivity index (χ2v) is 8.99. The number of benzene rings is 1. The molecule has 3 aromatic rings. The lowest BCUT2D eigenvalue weighted by Crippen LogP contribution is -2.43. The van der Waals surface area contributed by atoms with E-state index in [1.807, 2.05) is 12.1 Å². The molecular formula is C22H22ClN5O3S. The number of carbonyl (C=O) groups is 2. The fourth-order valence-corrected chi connectivity index (χ4v) is 4.67. The van der Waals surface area contributed by atoms with E-state index in [-0.39, 0.29) is 10.7 Å². The first-order valence-corrected chi connectivity index (χ1v) is 11.3. The van der Waals surface area contributed by atoms with Crippen LogP contribution in [0.2, 0.25) is 5.02 Å². The van der Waals surface area contributed by atoms with Crippen LogP contribution in [0.3, 0.4) is 0 Å². The molecular weight excluding hydrogens is 450 g/mol. The minimum absolute atomic E-state index is 0.159. The number of carbonyl (C=O) groups excluding carboxylic acids is 1. The highest BCUT2D eigenvalue weighted by molar-refractivity contribution is 7.19. The molecule has 3 heterocycles. The van der Waals surface area contributed by atoms with Gasteiger partial charge in [-0.2, -0.15) is 0 Å². The molecule has 0 aliphatic carbocycles. The number of amides is 1. The zero-order chi connectivity index (χ0) is 22.7. The molecule has 8 nitrogen and oxygen atoms in total. The molecule has 0 spiro atoms. The number of anilines is 1. The van der Waals surface area contributed by atoms with Gasteiger partial charge in [0.05, 0.1) is 5.02 Å². The van der Waals surface area contributed by atoms with Crippen molar-refractivity contribution in [2.24, 2.45) is 0 Å². The molecule has 1 aliphatic rings. The third-order valence-electron chi connectivity index (χ3n) is 5.28. The van der Waals surface area contributed by atoms with Crippen molar-refractivity contribution >= 4 is 39.8 Å². The molecule has 1 saturated heterocycles. The van der Waals surface area contributed by atoms with Gasteiger partial charge in [0.2, 0.25) is 0 Å². The Morgan fingerprint density at radius 1 is 1.16 bits per heavy atom. The zero-order valence-electron chi connectivity index (χ0n) is 17.4. The molecule has 0 saturated carbocycles. The number of likely N-dealkylation sites (N-methyl/N-ethyl adjacent to an activating group) is 1. The Kier molecular flexibility index (Phi) is 6.80. The number of aromatic carboxylic acids is 1. The minimum Gasteiger partial charge on any atom is -0.476 e. The molecule has 1 aliphatic heterocycles. The molecule has 32 heavy (non-hydrogen) atoms. The molecule has 0 bridgehead atoms. The lowest BCUT2D eigenvalue weighted by molar-refractivity contribution is 0.0692. The van der Waals surface area contributed by atoms with Crippen molar-refractivity contribution in [3.05, 3.63) is 64.6 Å². The summed E-state index contributed by atoms with van der Waals surface area (Å²) < 4.78 is 0. The van der Waals surface area contributed by atoms with E-state index in [1.54, 1.807) is 24.4 Å². The van der Waals surface area contributed by atoms with Crippen molar-refractivity contribution in [1.82, 2.24) is 19.8 Å². The third-order valence-corrected chi connectivity index (χ3v) is 6.58. The van der Waals surface area contributed by atoms with E-state index in [9.17, 15) is 14.7 Å². The second kappa shape index (κ2) is 9.74. The van der Waals surface area contributed by atoms with Gasteiger partial charge in [-0.15, -0.1) is 0 Å². The minimum atomic E-state index is -1.23. The highest BCUT2D eigenvalue weighted by Gasteiger charge is 2.22. The van der Waals surface area contributed by atoms with Gasteiger partial charge in [0, 0.05) is 56.2 Å². The SMILES string of the molecule is CN1CCN(Cc2ccc(C(=O)Nc3sc(-c4ccncc4Cl)nc3C(=O)O)cc2)CC1. The number of halogens is 1. The van der Waals surface area contributed by atoms with Crippen LogP contribution in [0.25, 0.3) is 10.6 Å². The number of nitrogens with one attached hydrogen (secondary N) is 1. The van der Waals surface area contributed by atoms with Crippen LogP contribution in [0.1, 0.15) is 26.4 Å². The molecule has 10 heteroatoms. The van der Waals surface area contributed by atoms with Crippen molar-refractivity contribution in [2.75, 3.05) is 38.5 Å². The lowest BCUT2D eigenvalue weighted by Gasteiger charge is -2.32. The zero-order valence-corrected chi connectivity index (χ0v) is 19.0. The summed E-state index contributed by atoms with van der Waals surface area (Å²) in [7, 11) is 2.12. The lowest BCUT2D eigenvalue weighted by atomic mass is 10.1. The number of rotatable bonds is 6. The predicted octanol–water partition coefficient (Wildman–Crippen LogP) is 3.56. The van der Waals surface area contributed by atoms with Gasteiger partial charge >= 0.3 is 5.97 Å². The Balaban J connectivity index is 1.47. The van der Waals surface area contributed by atoms with Gasteiger partial charge in [-0.3, -0.25) is 14.7 Å². The van der Waals surface area contributed by atoms with Crippen molar-refractivity contribution in [1.29, 1.82) is 0 Å². The van der Waals surface area contributed by atoms with Gasteiger partial charge in [0.15, 0.2) is 5.69 Å². The van der Waals surface area contributed by atoms with Crippen molar-refractivity contribution in [3.63, 3.8) is 0 Å². The fourth-order valence-electron chi connectivity index (χ4n) is 3.41. The van der Waals surface area contributed by atoms with Crippen LogP contribution in [-0.2, 0) is 6.54 Å². The Morgan fingerprint density at radius 2 is 1.88 bits per heavy atom. The van der Waals surface area contributed by atoms with Crippen LogP contribution in [0, 0.1) is 0 Å². The number of thiazole rings is 1. The summed E-state index contributed by atoms with van der Waals surface area (Å²) in [5.41, 5.74) is 1.91. The summed E-state index contributed by atoms with van der Waals surface area (Å²) in [5, 5.41) is 13.1. The van der Waals surface area contributed by atoms with Gasteiger partial charge in [-0.1, -0.05) is 35.1 Å². The number of hydrogen-bond donors (Lipinski definition) is 2. The van der Waals surface area contributed by atoms with E-state index in [4.69, 9.17) is 11.6 Å². The maximum atomic E-state index is 12.8. The average molecular weight is 472 g/mol. The smallest absolute Gasteiger partial charge is 0.357 e. The van der Waals surface area contributed by atoms with Crippen molar-refractivity contribution in [2.45, 2.75) is 6.54 Å². The van der Waals surface area contributed by atoms with Gasteiger partial charge < -0.3 is 15.3 Å². The molecule has 0 radical (unpaired) electrons. The first kappa shape index (κ1) is 22.3. The first-order valence-electron chi connectivity index (χ1n) is 10.1. The largest absolute Gasteiger partial charge is 0.476 e. The summed E-state index contributed by atoms with van der Waals surface area (Å²) >= 11 is 7.21.